The van der Waals surface area contributed by atoms with Gasteiger partial charge in [0.2, 0.25) is 0 Å². The van der Waals surface area contributed by atoms with Crippen molar-refractivity contribution >= 4 is 28.8 Å². The van der Waals surface area contributed by atoms with Crippen molar-refractivity contribution in [1.82, 2.24) is 9.55 Å². The molecular formula is C13H16N2O3S. The summed E-state index contributed by atoms with van der Waals surface area (Å²) < 4.78 is 1.66. The number of imidazole rings is 1. The standard InChI is InChI=1S/C13H16N2O3S/c1-8(19-2)5-6-15-11-4-3-9(12(16)17)7-10(11)14-13(15)18/h3-4,7-8H,5-6H2,1-2H3,(H,14,18)(H,16,17). The number of aryl methyl sites for hydroxylation is 1. The summed E-state index contributed by atoms with van der Waals surface area (Å²) in [7, 11) is 0. The molecule has 0 radical (unpaired) electrons. The van der Waals surface area contributed by atoms with Gasteiger partial charge in [-0.05, 0) is 30.9 Å². The summed E-state index contributed by atoms with van der Waals surface area (Å²) in [5, 5.41) is 9.41. The molecule has 1 aromatic carbocycles. The predicted octanol–water partition coefficient (Wildman–Crippen LogP) is 2.17. The Kier molecular flexibility index (Phi) is 3.99. The fraction of sp³-hybridized carbons (Fsp3) is 0.385. The van der Waals surface area contributed by atoms with Crippen LogP contribution in [-0.4, -0.2) is 32.1 Å². The largest absolute Gasteiger partial charge is 0.478 e. The van der Waals surface area contributed by atoms with Crippen LogP contribution in [0, 0.1) is 0 Å². The van der Waals surface area contributed by atoms with Crippen molar-refractivity contribution in [1.29, 1.82) is 0 Å². The molecule has 6 heteroatoms. The molecule has 2 N–H and O–H groups in total. The minimum Gasteiger partial charge on any atom is -0.478 e. The molecule has 1 heterocycles. The Morgan fingerprint density at radius 2 is 2.26 bits per heavy atom. The second-order valence-electron chi connectivity index (χ2n) is 4.45. The first kappa shape index (κ1) is 13.7. The number of aromatic nitrogens is 2. The Morgan fingerprint density at radius 1 is 1.53 bits per heavy atom. The maximum absolute atomic E-state index is 11.9. The fourth-order valence-electron chi connectivity index (χ4n) is 1.95. The summed E-state index contributed by atoms with van der Waals surface area (Å²) in [5.74, 6) is -0.994. The van der Waals surface area contributed by atoms with Crippen LogP contribution in [0.1, 0.15) is 23.7 Å². The summed E-state index contributed by atoms with van der Waals surface area (Å²) >= 11 is 1.76. The summed E-state index contributed by atoms with van der Waals surface area (Å²) in [6.07, 6.45) is 2.94. The van der Waals surface area contributed by atoms with Gasteiger partial charge in [-0.15, -0.1) is 0 Å². The number of carboxylic acids is 1. The molecule has 1 unspecified atom stereocenters. The summed E-state index contributed by atoms with van der Waals surface area (Å²) in [6, 6.07) is 4.69. The Bertz CT molecular complexity index is 659. The van der Waals surface area contributed by atoms with E-state index >= 15 is 0 Å². The number of benzene rings is 1. The van der Waals surface area contributed by atoms with Gasteiger partial charge in [0.05, 0.1) is 16.6 Å². The Hall–Kier alpha value is -1.69. The first-order chi connectivity index (χ1) is 9.02. The number of hydrogen-bond acceptors (Lipinski definition) is 3. The number of carboxylic acid groups (broad SMARTS) is 1. The number of carbonyl (C=O) groups is 1. The molecule has 0 aliphatic heterocycles. The zero-order valence-corrected chi connectivity index (χ0v) is 11.7. The van der Waals surface area contributed by atoms with Gasteiger partial charge in [0.1, 0.15) is 0 Å². The minimum absolute atomic E-state index is 0.179. The van der Waals surface area contributed by atoms with Gasteiger partial charge in [0.15, 0.2) is 0 Å². The van der Waals surface area contributed by atoms with E-state index in [4.69, 9.17) is 5.11 Å². The normalized spacial score (nSPS) is 12.7. The van der Waals surface area contributed by atoms with Crippen LogP contribution in [0.2, 0.25) is 0 Å². The highest BCUT2D eigenvalue weighted by molar-refractivity contribution is 7.99. The lowest BCUT2D eigenvalue weighted by atomic mass is 10.2. The molecule has 5 nitrogen and oxygen atoms in total. The van der Waals surface area contributed by atoms with Crippen LogP contribution in [0.5, 0.6) is 0 Å². The lowest BCUT2D eigenvalue weighted by Crippen LogP contribution is -2.18. The number of nitrogens with zero attached hydrogens (tertiary/aromatic N) is 1. The van der Waals surface area contributed by atoms with Crippen molar-refractivity contribution in [3.05, 3.63) is 34.2 Å². The van der Waals surface area contributed by atoms with Crippen LogP contribution in [-0.2, 0) is 6.54 Å². The van der Waals surface area contributed by atoms with Gasteiger partial charge in [0, 0.05) is 11.8 Å². The van der Waals surface area contributed by atoms with E-state index in [-0.39, 0.29) is 11.3 Å². The fourth-order valence-corrected chi connectivity index (χ4v) is 2.29. The topological polar surface area (TPSA) is 75.1 Å². The smallest absolute Gasteiger partial charge is 0.335 e. The number of hydrogen-bond donors (Lipinski definition) is 2. The van der Waals surface area contributed by atoms with E-state index in [0.717, 1.165) is 11.9 Å². The first-order valence-corrected chi connectivity index (χ1v) is 7.30. The van der Waals surface area contributed by atoms with Gasteiger partial charge in [0.25, 0.3) is 0 Å². The highest BCUT2D eigenvalue weighted by atomic mass is 32.2. The van der Waals surface area contributed by atoms with E-state index < -0.39 is 5.97 Å². The number of fused-ring (bicyclic) bond motifs is 1. The lowest BCUT2D eigenvalue weighted by molar-refractivity contribution is 0.0697. The van der Waals surface area contributed by atoms with Crippen LogP contribution in [0.4, 0.5) is 0 Å². The van der Waals surface area contributed by atoms with Gasteiger partial charge in [-0.1, -0.05) is 6.92 Å². The molecular weight excluding hydrogens is 264 g/mol. The molecule has 0 fully saturated rings. The van der Waals surface area contributed by atoms with Crippen molar-refractivity contribution in [2.45, 2.75) is 25.1 Å². The molecule has 2 aromatic rings. The highest BCUT2D eigenvalue weighted by Gasteiger charge is 2.10. The van der Waals surface area contributed by atoms with Crippen LogP contribution in [0.3, 0.4) is 0 Å². The van der Waals surface area contributed by atoms with Crippen molar-refractivity contribution in [2.24, 2.45) is 0 Å². The molecule has 102 valence electrons. The minimum atomic E-state index is -0.994. The zero-order chi connectivity index (χ0) is 14.0. The molecule has 0 bridgehead atoms. The molecule has 0 aliphatic rings. The second kappa shape index (κ2) is 5.52. The quantitative estimate of drug-likeness (QED) is 0.880. The Morgan fingerprint density at radius 3 is 2.89 bits per heavy atom. The van der Waals surface area contributed by atoms with E-state index in [1.807, 2.05) is 6.26 Å². The molecule has 2 rings (SSSR count). The number of aromatic amines is 1. The molecule has 0 saturated carbocycles. The molecule has 0 aliphatic carbocycles. The first-order valence-electron chi connectivity index (χ1n) is 6.01. The number of aromatic carboxylic acids is 1. The highest BCUT2D eigenvalue weighted by Crippen LogP contribution is 2.15. The van der Waals surface area contributed by atoms with Gasteiger partial charge >= 0.3 is 11.7 Å². The number of thioether (sulfide) groups is 1. The summed E-state index contributed by atoms with van der Waals surface area (Å²) in [4.78, 5) is 25.5. The average Bonchev–Trinajstić information content (AvgIpc) is 2.70. The summed E-state index contributed by atoms with van der Waals surface area (Å²) in [6.45, 7) is 2.75. The summed E-state index contributed by atoms with van der Waals surface area (Å²) in [5.41, 5.74) is 1.31. The van der Waals surface area contributed by atoms with Crippen LogP contribution in [0.25, 0.3) is 11.0 Å². The average molecular weight is 280 g/mol. The Labute approximate surface area is 114 Å². The van der Waals surface area contributed by atoms with Crippen molar-refractivity contribution < 1.29 is 9.90 Å². The van der Waals surface area contributed by atoms with Crippen LogP contribution >= 0.6 is 11.8 Å². The molecule has 0 amide bonds. The van der Waals surface area contributed by atoms with Gasteiger partial charge < -0.3 is 10.1 Å². The van der Waals surface area contributed by atoms with Gasteiger partial charge in [-0.2, -0.15) is 11.8 Å². The number of H-pyrrole nitrogens is 1. The number of rotatable bonds is 5. The second-order valence-corrected chi connectivity index (χ2v) is 5.73. The Balaban J connectivity index is 2.37. The van der Waals surface area contributed by atoms with Crippen LogP contribution in [0.15, 0.2) is 23.0 Å². The van der Waals surface area contributed by atoms with E-state index in [0.29, 0.717) is 17.3 Å². The molecule has 0 saturated heterocycles. The maximum Gasteiger partial charge on any atom is 0.335 e. The predicted molar refractivity (Wildman–Crippen MR) is 77.1 cm³/mol. The third-order valence-corrected chi connectivity index (χ3v) is 4.22. The maximum atomic E-state index is 11.9. The van der Waals surface area contributed by atoms with Gasteiger partial charge in [-0.25, -0.2) is 9.59 Å². The zero-order valence-electron chi connectivity index (χ0n) is 10.8. The van der Waals surface area contributed by atoms with Crippen molar-refractivity contribution in [2.75, 3.05) is 6.26 Å². The third kappa shape index (κ3) is 2.84. The van der Waals surface area contributed by atoms with Crippen LogP contribution < -0.4 is 5.69 Å². The van der Waals surface area contributed by atoms with E-state index in [9.17, 15) is 9.59 Å². The van der Waals surface area contributed by atoms with Crippen molar-refractivity contribution in [3.63, 3.8) is 0 Å². The lowest BCUT2D eigenvalue weighted by Gasteiger charge is -2.08. The number of nitrogens with one attached hydrogen (secondary N) is 1. The van der Waals surface area contributed by atoms with E-state index in [2.05, 4.69) is 11.9 Å². The molecule has 1 aromatic heterocycles. The molecule has 19 heavy (non-hydrogen) atoms. The SMILES string of the molecule is CSC(C)CCn1c(=O)[nH]c2cc(C(=O)O)ccc21. The van der Waals surface area contributed by atoms with E-state index in [1.54, 1.807) is 22.4 Å². The molecule has 0 spiro atoms. The van der Waals surface area contributed by atoms with Gasteiger partial charge in [-0.3, -0.25) is 4.57 Å². The molecule has 1 atom stereocenters. The third-order valence-electron chi connectivity index (χ3n) is 3.18. The monoisotopic (exact) mass is 280 g/mol. The van der Waals surface area contributed by atoms with Crippen molar-refractivity contribution in [3.8, 4) is 0 Å². The van der Waals surface area contributed by atoms with E-state index in [1.165, 1.54) is 12.1 Å².